The van der Waals surface area contributed by atoms with E-state index < -0.39 is 0 Å². The molecule has 0 fully saturated rings. The van der Waals surface area contributed by atoms with E-state index in [1.54, 1.807) is 6.07 Å². The highest BCUT2D eigenvalue weighted by Gasteiger charge is 2.11. The number of carbonyl (C=O) groups excluding carboxylic acids is 1. The van der Waals surface area contributed by atoms with Gasteiger partial charge in [-0.1, -0.05) is 23.8 Å². The van der Waals surface area contributed by atoms with Crippen LogP contribution in [0, 0.1) is 26.6 Å². The van der Waals surface area contributed by atoms with Crippen molar-refractivity contribution in [3.05, 3.63) is 58.4 Å². The number of aryl methyl sites for hydroxylation is 3. The topological polar surface area (TPSA) is 17.1 Å². The fourth-order valence-electron chi connectivity index (χ4n) is 2.46. The van der Waals surface area contributed by atoms with Gasteiger partial charge in [0.25, 0.3) is 0 Å². The summed E-state index contributed by atoms with van der Waals surface area (Å²) in [5.41, 5.74) is 5.59. The van der Waals surface area contributed by atoms with Crippen molar-refractivity contribution in [2.75, 3.05) is 0 Å². The van der Waals surface area contributed by atoms with E-state index in [9.17, 15) is 9.18 Å². The SMILES string of the molecule is Cc1cc(C)c(-c2ccc(F)cc2C=O)c(C)c1. The number of rotatable bonds is 2. The van der Waals surface area contributed by atoms with Gasteiger partial charge in [0.15, 0.2) is 6.29 Å². The van der Waals surface area contributed by atoms with Gasteiger partial charge in [-0.3, -0.25) is 4.79 Å². The molecule has 2 aromatic carbocycles. The molecule has 0 bridgehead atoms. The van der Waals surface area contributed by atoms with Gasteiger partial charge >= 0.3 is 0 Å². The van der Waals surface area contributed by atoms with Crippen molar-refractivity contribution in [2.24, 2.45) is 0 Å². The molecule has 0 spiro atoms. The predicted octanol–water partition coefficient (Wildman–Crippen LogP) is 4.23. The van der Waals surface area contributed by atoms with Crippen LogP contribution >= 0.6 is 0 Å². The molecule has 0 aliphatic carbocycles. The van der Waals surface area contributed by atoms with Gasteiger partial charge in [-0.25, -0.2) is 4.39 Å². The molecule has 18 heavy (non-hydrogen) atoms. The monoisotopic (exact) mass is 242 g/mol. The molecule has 0 unspecified atom stereocenters. The standard InChI is InChI=1S/C16H15FO/c1-10-6-11(2)16(12(3)7-10)15-5-4-14(17)8-13(15)9-18/h4-9H,1-3H3. The van der Waals surface area contributed by atoms with E-state index in [4.69, 9.17) is 0 Å². The van der Waals surface area contributed by atoms with Crippen LogP contribution in [0.5, 0.6) is 0 Å². The smallest absolute Gasteiger partial charge is 0.150 e. The van der Waals surface area contributed by atoms with E-state index >= 15 is 0 Å². The van der Waals surface area contributed by atoms with Crippen LogP contribution in [-0.4, -0.2) is 6.29 Å². The zero-order valence-corrected chi connectivity index (χ0v) is 10.8. The third-order valence-corrected chi connectivity index (χ3v) is 3.09. The molecule has 0 aliphatic heterocycles. The first-order valence-electron chi connectivity index (χ1n) is 5.86. The second kappa shape index (κ2) is 4.73. The molecule has 2 aromatic rings. The Bertz CT molecular complexity index is 591. The number of hydrogen-bond donors (Lipinski definition) is 0. The normalized spacial score (nSPS) is 10.4. The zero-order chi connectivity index (χ0) is 13.3. The summed E-state index contributed by atoms with van der Waals surface area (Å²) in [6.45, 7) is 6.05. The van der Waals surface area contributed by atoms with Crippen molar-refractivity contribution < 1.29 is 9.18 Å². The molecule has 0 saturated heterocycles. The van der Waals surface area contributed by atoms with Gasteiger partial charge in [-0.15, -0.1) is 0 Å². The van der Waals surface area contributed by atoms with Crippen molar-refractivity contribution in [1.82, 2.24) is 0 Å². The summed E-state index contributed by atoms with van der Waals surface area (Å²) in [4.78, 5) is 11.1. The quantitative estimate of drug-likeness (QED) is 0.720. The molecule has 92 valence electrons. The third-order valence-electron chi connectivity index (χ3n) is 3.09. The predicted molar refractivity (Wildman–Crippen MR) is 71.4 cm³/mol. The summed E-state index contributed by atoms with van der Waals surface area (Å²) >= 11 is 0. The lowest BCUT2D eigenvalue weighted by Gasteiger charge is -2.13. The van der Waals surface area contributed by atoms with E-state index in [1.807, 2.05) is 20.8 Å². The molecule has 0 amide bonds. The summed E-state index contributed by atoms with van der Waals surface area (Å²) in [6.07, 6.45) is 0.706. The number of carbonyl (C=O) groups is 1. The largest absolute Gasteiger partial charge is 0.298 e. The van der Waals surface area contributed by atoms with Crippen molar-refractivity contribution in [2.45, 2.75) is 20.8 Å². The Kier molecular flexibility index (Phi) is 3.28. The number of benzene rings is 2. The Morgan fingerprint density at radius 3 is 2.17 bits per heavy atom. The molecule has 0 atom stereocenters. The molecule has 2 heteroatoms. The Morgan fingerprint density at radius 2 is 1.61 bits per heavy atom. The average molecular weight is 242 g/mol. The highest BCUT2D eigenvalue weighted by Crippen LogP contribution is 2.30. The molecule has 0 saturated carbocycles. The zero-order valence-electron chi connectivity index (χ0n) is 10.8. The minimum atomic E-state index is -0.386. The Morgan fingerprint density at radius 1 is 1.00 bits per heavy atom. The van der Waals surface area contributed by atoms with Gasteiger partial charge in [-0.05, 0) is 55.2 Å². The summed E-state index contributed by atoms with van der Waals surface area (Å²) in [5.74, 6) is -0.386. The van der Waals surface area contributed by atoms with Crippen LogP contribution in [0.4, 0.5) is 4.39 Å². The van der Waals surface area contributed by atoms with E-state index in [2.05, 4.69) is 12.1 Å². The van der Waals surface area contributed by atoms with Crippen LogP contribution in [0.1, 0.15) is 27.0 Å². The van der Waals surface area contributed by atoms with Gasteiger partial charge in [0.05, 0.1) is 0 Å². The van der Waals surface area contributed by atoms with Crippen LogP contribution in [0.15, 0.2) is 30.3 Å². The Labute approximate surface area is 106 Å². The maximum absolute atomic E-state index is 13.2. The molecule has 0 aliphatic rings. The van der Waals surface area contributed by atoms with Crippen LogP contribution in [0.3, 0.4) is 0 Å². The van der Waals surface area contributed by atoms with Crippen molar-refractivity contribution >= 4 is 6.29 Å². The van der Waals surface area contributed by atoms with E-state index in [1.165, 1.54) is 17.7 Å². The van der Waals surface area contributed by atoms with E-state index in [-0.39, 0.29) is 5.82 Å². The summed E-state index contributed by atoms with van der Waals surface area (Å²) in [5, 5.41) is 0. The fraction of sp³-hybridized carbons (Fsp3) is 0.188. The molecular formula is C16H15FO. The van der Waals surface area contributed by atoms with Gasteiger partial charge in [0.2, 0.25) is 0 Å². The maximum Gasteiger partial charge on any atom is 0.150 e. The average Bonchev–Trinajstić information content (AvgIpc) is 2.29. The molecule has 0 aromatic heterocycles. The van der Waals surface area contributed by atoms with Gasteiger partial charge in [0.1, 0.15) is 5.82 Å². The molecule has 2 rings (SSSR count). The van der Waals surface area contributed by atoms with Crippen molar-refractivity contribution in [3.8, 4) is 11.1 Å². The van der Waals surface area contributed by atoms with Crippen LogP contribution in [-0.2, 0) is 0 Å². The lowest BCUT2D eigenvalue weighted by Crippen LogP contribution is -1.95. The third kappa shape index (κ3) is 2.19. The van der Waals surface area contributed by atoms with Gasteiger partial charge < -0.3 is 0 Å². The number of aldehydes is 1. The summed E-state index contributed by atoms with van der Waals surface area (Å²) < 4.78 is 13.2. The molecule has 0 heterocycles. The lowest BCUT2D eigenvalue weighted by molar-refractivity contribution is 0.112. The van der Waals surface area contributed by atoms with Gasteiger partial charge in [0, 0.05) is 5.56 Å². The fourth-order valence-corrected chi connectivity index (χ4v) is 2.46. The van der Waals surface area contributed by atoms with E-state index in [0.717, 1.165) is 22.3 Å². The van der Waals surface area contributed by atoms with Gasteiger partial charge in [-0.2, -0.15) is 0 Å². The first-order chi connectivity index (χ1) is 8.52. The lowest BCUT2D eigenvalue weighted by atomic mass is 9.91. The second-order valence-electron chi connectivity index (χ2n) is 4.62. The number of hydrogen-bond acceptors (Lipinski definition) is 1. The summed E-state index contributed by atoms with van der Waals surface area (Å²) in [7, 11) is 0. The maximum atomic E-state index is 13.2. The Balaban J connectivity index is 2.73. The molecule has 1 nitrogen and oxygen atoms in total. The highest BCUT2D eigenvalue weighted by atomic mass is 19.1. The Hall–Kier alpha value is -1.96. The molecule has 0 radical (unpaired) electrons. The molecule has 0 N–H and O–H groups in total. The van der Waals surface area contributed by atoms with Crippen LogP contribution < -0.4 is 0 Å². The van der Waals surface area contributed by atoms with Crippen LogP contribution in [0.25, 0.3) is 11.1 Å². The first kappa shape index (κ1) is 12.5. The number of halogens is 1. The van der Waals surface area contributed by atoms with Crippen LogP contribution in [0.2, 0.25) is 0 Å². The minimum Gasteiger partial charge on any atom is -0.298 e. The summed E-state index contributed by atoms with van der Waals surface area (Å²) in [6, 6.07) is 8.48. The van der Waals surface area contributed by atoms with E-state index in [0.29, 0.717) is 11.8 Å². The molecular weight excluding hydrogens is 227 g/mol. The minimum absolute atomic E-state index is 0.386. The highest BCUT2D eigenvalue weighted by molar-refractivity contribution is 5.89. The van der Waals surface area contributed by atoms with Crippen molar-refractivity contribution in [1.29, 1.82) is 0 Å². The second-order valence-corrected chi connectivity index (χ2v) is 4.62. The first-order valence-corrected chi connectivity index (χ1v) is 5.86. The van der Waals surface area contributed by atoms with Crippen molar-refractivity contribution in [3.63, 3.8) is 0 Å².